The van der Waals surface area contributed by atoms with Crippen LogP contribution in [0.3, 0.4) is 0 Å². The van der Waals surface area contributed by atoms with Gasteiger partial charge in [0.2, 0.25) is 5.91 Å². The molecule has 0 N–H and O–H groups in total. The van der Waals surface area contributed by atoms with E-state index < -0.39 is 0 Å². The number of likely N-dealkylation sites (tertiary alicyclic amines) is 1. The molecule has 0 spiro atoms. The van der Waals surface area contributed by atoms with Crippen LogP contribution in [0.5, 0.6) is 0 Å². The van der Waals surface area contributed by atoms with Crippen molar-refractivity contribution in [3.05, 3.63) is 59.2 Å². The monoisotopic (exact) mass is 340 g/mol. The van der Waals surface area contributed by atoms with Gasteiger partial charge < -0.3 is 13.7 Å². The lowest BCUT2D eigenvalue weighted by Crippen LogP contribution is -2.39. The first-order valence-corrected chi connectivity index (χ1v) is 8.60. The number of aromatic nitrogens is 3. The summed E-state index contributed by atoms with van der Waals surface area (Å²) in [4.78, 5) is 27.2. The van der Waals surface area contributed by atoms with Gasteiger partial charge in [0.25, 0.3) is 5.56 Å². The summed E-state index contributed by atoms with van der Waals surface area (Å²) in [5, 5.41) is 4.12. The Labute approximate surface area is 144 Å². The van der Waals surface area contributed by atoms with E-state index in [4.69, 9.17) is 4.42 Å². The second kappa shape index (κ2) is 6.58. The number of nitrogens with zero attached hydrogens (tertiary/aromatic N) is 4. The van der Waals surface area contributed by atoms with Crippen molar-refractivity contribution in [2.45, 2.75) is 38.3 Å². The molecule has 0 saturated carbocycles. The fourth-order valence-corrected chi connectivity index (χ4v) is 3.49. The summed E-state index contributed by atoms with van der Waals surface area (Å²) in [6.45, 7) is 0.615. The minimum atomic E-state index is -0.259. The maximum Gasteiger partial charge on any atom is 0.291 e. The minimum absolute atomic E-state index is 0.0578. The third-order valence-corrected chi connectivity index (χ3v) is 4.78. The molecule has 1 amide bonds. The van der Waals surface area contributed by atoms with Crippen LogP contribution in [0, 0.1) is 0 Å². The molecule has 0 unspecified atom stereocenters. The number of hydrogen-bond donors (Lipinski definition) is 0. The van der Waals surface area contributed by atoms with Gasteiger partial charge in [0.1, 0.15) is 24.1 Å². The Bertz CT molecular complexity index is 925. The van der Waals surface area contributed by atoms with Crippen LogP contribution in [0.15, 0.2) is 52.3 Å². The highest BCUT2D eigenvalue weighted by atomic mass is 16.3. The molecule has 3 aromatic heterocycles. The van der Waals surface area contributed by atoms with Crippen LogP contribution in [-0.2, 0) is 11.3 Å². The van der Waals surface area contributed by atoms with Crippen LogP contribution >= 0.6 is 0 Å². The van der Waals surface area contributed by atoms with E-state index in [0.717, 1.165) is 31.4 Å². The maximum absolute atomic E-state index is 12.9. The van der Waals surface area contributed by atoms with Gasteiger partial charge in [-0.1, -0.05) is 12.8 Å². The standard InChI is InChI=1S/C18H20N4O3/c23-17(12-22-18(24)15-7-4-9-20(15)13-19-22)21-10-3-1-2-6-14(21)16-8-5-11-25-16/h4-5,7-9,11,13-14H,1-3,6,10,12H2/t14-/m1/s1. The van der Waals surface area contributed by atoms with Gasteiger partial charge in [0, 0.05) is 12.7 Å². The predicted molar refractivity (Wildman–Crippen MR) is 91.1 cm³/mol. The number of carbonyl (C=O) groups is 1. The minimum Gasteiger partial charge on any atom is -0.467 e. The molecule has 1 aliphatic heterocycles. The molecule has 4 heterocycles. The van der Waals surface area contributed by atoms with Gasteiger partial charge in [-0.15, -0.1) is 0 Å². The zero-order valence-corrected chi connectivity index (χ0v) is 13.9. The van der Waals surface area contributed by atoms with Crippen molar-refractivity contribution >= 4 is 11.4 Å². The van der Waals surface area contributed by atoms with Crippen molar-refractivity contribution in [2.75, 3.05) is 6.54 Å². The Morgan fingerprint density at radius 1 is 1.24 bits per heavy atom. The molecular formula is C18H20N4O3. The molecule has 4 rings (SSSR count). The Balaban J connectivity index is 1.61. The van der Waals surface area contributed by atoms with Crippen LogP contribution in [0.4, 0.5) is 0 Å². The quantitative estimate of drug-likeness (QED) is 0.733. The summed E-state index contributed by atoms with van der Waals surface area (Å²) < 4.78 is 8.44. The van der Waals surface area contributed by atoms with Crippen molar-refractivity contribution in [3.63, 3.8) is 0 Å². The van der Waals surface area contributed by atoms with E-state index in [-0.39, 0.29) is 24.1 Å². The van der Waals surface area contributed by atoms with Crippen LogP contribution < -0.4 is 5.56 Å². The Morgan fingerprint density at radius 3 is 3.00 bits per heavy atom. The van der Waals surface area contributed by atoms with Gasteiger partial charge in [-0.25, -0.2) is 4.68 Å². The highest BCUT2D eigenvalue weighted by Crippen LogP contribution is 2.30. The Kier molecular flexibility index (Phi) is 4.13. The molecule has 130 valence electrons. The summed E-state index contributed by atoms with van der Waals surface area (Å²) in [6.07, 6.45) is 8.94. The van der Waals surface area contributed by atoms with Crippen molar-refractivity contribution in [1.29, 1.82) is 0 Å². The van der Waals surface area contributed by atoms with Crippen LogP contribution in [0.1, 0.15) is 37.5 Å². The van der Waals surface area contributed by atoms with E-state index in [1.165, 1.54) is 4.68 Å². The number of rotatable bonds is 3. The van der Waals surface area contributed by atoms with Gasteiger partial charge in [-0.2, -0.15) is 5.10 Å². The van der Waals surface area contributed by atoms with Gasteiger partial charge in [0.05, 0.1) is 12.3 Å². The zero-order chi connectivity index (χ0) is 17.2. The Morgan fingerprint density at radius 2 is 2.16 bits per heavy atom. The number of fused-ring (bicyclic) bond motifs is 1. The van der Waals surface area contributed by atoms with E-state index in [2.05, 4.69) is 5.10 Å². The van der Waals surface area contributed by atoms with E-state index in [1.807, 2.05) is 17.0 Å². The number of amides is 1. The fraction of sp³-hybridized carbons (Fsp3) is 0.389. The normalized spacial score (nSPS) is 18.4. The summed E-state index contributed by atoms with van der Waals surface area (Å²) in [7, 11) is 0. The largest absolute Gasteiger partial charge is 0.467 e. The first-order valence-electron chi connectivity index (χ1n) is 8.60. The van der Waals surface area contributed by atoms with E-state index >= 15 is 0 Å². The summed E-state index contributed by atoms with van der Waals surface area (Å²) in [5.41, 5.74) is 0.256. The zero-order valence-electron chi connectivity index (χ0n) is 13.9. The van der Waals surface area contributed by atoms with Gasteiger partial charge >= 0.3 is 0 Å². The highest BCUT2D eigenvalue weighted by Gasteiger charge is 2.29. The highest BCUT2D eigenvalue weighted by molar-refractivity contribution is 5.76. The van der Waals surface area contributed by atoms with Crippen LogP contribution in [0.2, 0.25) is 0 Å². The molecule has 1 atom stereocenters. The van der Waals surface area contributed by atoms with Crippen molar-refractivity contribution in [2.24, 2.45) is 0 Å². The first kappa shape index (κ1) is 15.7. The Hall–Kier alpha value is -2.83. The predicted octanol–water partition coefficient (Wildman–Crippen LogP) is 2.23. The number of carbonyl (C=O) groups excluding carboxylic acids is 1. The molecule has 1 aliphatic rings. The average molecular weight is 340 g/mol. The van der Waals surface area contributed by atoms with Gasteiger partial charge in [0.15, 0.2) is 0 Å². The molecule has 3 aromatic rings. The van der Waals surface area contributed by atoms with Crippen molar-refractivity contribution in [1.82, 2.24) is 19.1 Å². The topological polar surface area (TPSA) is 72.8 Å². The molecular weight excluding hydrogens is 320 g/mol. The third kappa shape index (κ3) is 2.97. The first-order chi connectivity index (χ1) is 12.2. The molecule has 7 heteroatoms. The fourth-order valence-electron chi connectivity index (χ4n) is 3.49. The van der Waals surface area contributed by atoms with E-state index in [1.54, 1.807) is 35.3 Å². The van der Waals surface area contributed by atoms with Gasteiger partial charge in [-0.3, -0.25) is 9.59 Å². The molecule has 0 bridgehead atoms. The molecule has 0 aromatic carbocycles. The summed E-state index contributed by atoms with van der Waals surface area (Å²) in [5.74, 6) is 0.700. The van der Waals surface area contributed by atoms with E-state index in [0.29, 0.717) is 12.1 Å². The lowest BCUT2D eigenvalue weighted by molar-refractivity contribution is -0.135. The van der Waals surface area contributed by atoms with Crippen molar-refractivity contribution in [3.8, 4) is 0 Å². The van der Waals surface area contributed by atoms with Crippen LogP contribution in [-0.4, -0.2) is 31.5 Å². The van der Waals surface area contributed by atoms with E-state index in [9.17, 15) is 9.59 Å². The summed E-state index contributed by atoms with van der Waals surface area (Å²) in [6, 6.07) is 7.19. The van der Waals surface area contributed by atoms with Gasteiger partial charge in [-0.05, 0) is 37.1 Å². The smallest absolute Gasteiger partial charge is 0.291 e. The van der Waals surface area contributed by atoms with Crippen molar-refractivity contribution < 1.29 is 9.21 Å². The molecule has 0 radical (unpaired) electrons. The molecule has 1 saturated heterocycles. The molecule has 25 heavy (non-hydrogen) atoms. The van der Waals surface area contributed by atoms with Crippen LogP contribution in [0.25, 0.3) is 5.52 Å². The number of furan rings is 1. The lowest BCUT2D eigenvalue weighted by Gasteiger charge is -2.28. The average Bonchev–Trinajstić information content (AvgIpc) is 3.25. The molecule has 1 fully saturated rings. The molecule has 0 aliphatic carbocycles. The second-order valence-corrected chi connectivity index (χ2v) is 6.36. The second-order valence-electron chi connectivity index (χ2n) is 6.36. The maximum atomic E-state index is 12.9. The summed E-state index contributed by atoms with van der Waals surface area (Å²) >= 11 is 0. The molecule has 7 nitrogen and oxygen atoms in total. The SMILES string of the molecule is O=C(Cn1ncn2cccc2c1=O)N1CCCCC[C@@H]1c1ccco1. The lowest BCUT2D eigenvalue weighted by atomic mass is 10.1. The number of hydrogen-bond acceptors (Lipinski definition) is 4. The third-order valence-electron chi connectivity index (χ3n) is 4.78.